The summed E-state index contributed by atoms with van der Waals surface area (Å²) in [6.07, 6.45) is 2.98. The van der Waals surface area contributed by atoms with E-state index < -0.39 is 6.17 Å². The highest BCUT2D eigenvalue weighted by Gasteiger charge is 2.18. The van der Waals surface area contributed by atoms with Crippen LogP contribution in [-0.2, 0) is 4.74 Å². The summed E-state index contributed by atoms with van der Waals surface area (Å²) in [6.45, 7) is 9.49. The monoisotopic (exact) mass is 497 g/mol. The Morgan fingerprint density at radius 1 is 1.22 bits per heavy atom. The molecule has 0 aliphatic carbocycles. The third-order valence-corrected chi connectivity index (χ3v) is 6.33. The second-order valence-corrected chi connectivity index (χ2v) is 9.29. The van der Waals surface area contributed by atoms with E-state index in [4.69, 9.17) is 15.5 Å². The summed E-state index contributed by atoms with van der Waals surface area (Å²) in [6, 6.07) is 6.24. The number of imidazole rings is 1. The van der Waals surface area contributed by atoms with Gasteiger partial charge in [-0.25, -0.2) is 18.9 Å². The highest BCUT2D eigenvalue weighted by Crippen LogP contribution is 2.30. The van der Waals surface area contributed by atoms with Crippen LogP contribution in [-0.4, -0.2) is 80.6 Å². The lowest BCUT2D eigenvalue weighted by atomic mass is 10.1. The summed E-state index contributed by atoms with van der Waals surface area (Å²) in [5.41, 5.74) is 10.2. The number of aromatic nitrogens is 6. The summed E-state index contributed by atoms with van der Waals surface area (Å²) < 4.78 is 21.6. The molecule has 10 nitrogen and oxygen atoms in total. The van der Waals surface area contributed by atoms with Crippen LogP contribution in [0.1, 0.15) is 38.6 Å². The Hall–Kier alpha value is -3.31. The molecule has 3 N–H and O–H groups in total. The molecule has 0 bridgehead atoms. The average molecular weight is 498 g/mol. The molecule has 0 spiro atoms. The van der Waals surface area contributed by atoms with E-state index in [2.05, 4.69) is 43.7 Å². The minimum Gasteiger partial charge on any atom is -0.383 e. The first kappa shape index (κ1) is 25.8. The van der Waals surface area contributed by atoms with Gasteiger partial charge in [0, 0.05) is 45.0 Å². The molecule has 5 heterocycles. The van der Waals surface area contributed by atoms with Crippen molar-refractivity contribution in [1.29, 1.82) is 0 Å². The maximum absolute atomic E-state index is 12.8. The molecule has 1 fully saturated rings. The molecule has 0 saturated carbocycles. The molecule has 1 aliphatic heterocycles. The molecule has 194 valence electrons. The summed E-state index contributed by atoms with van der Waals surface area (Å²) >= 11 is 0. The SMILES string of the molecule is CNc1nc(N)nn2ccc(-c3ccc4nc(C)n(C(C)C)c4n3)c12.COCCN1CCCC(F)C1. The zero-order valence-electron chi connectivity index (χ0n) is 21.7. The largest absolute Gasteiger partial charge is 0.383 e. The Morgan fingerprint density at radius 3 is 2.72 bits per heavy atom. The van der Waals surface area contributed by atoms with Crippen molar-refractivity contribution in [3.63, 3.8) is 0 Å². The Labute approximate surface area is 210 Å². The van der Waals surface area contributed by atoms with E-state index in [0.717, 1.165) is 59.7 Å². The maximum atomic E-state index is 12.8. The third kappa shape index (κ3) is 5.41. The van der Waals surface area contributed by atoms with Crippen molar-refractivity contribution in [3.8, 4) is 11.3 Å². The van der Waals surface area contributed by atoms with E-state index in [1.54, 1.807) is 11.6 Å². The number of methoxy groups -OCH3 is 1. The zero-order valence-corrected chi connectivity index (χ0v) is 21.7. The third-order valence-electron chi connectivity index (χ3n) is 6.33. The first-order valence-corrected chi connectivity index (χ1v) is 12.4. The van der Waals surface area contributed by atoms with Gasteiger partial charge < -0.3 is 20.4 Å². The number of piperidine rings is 1. The van der Waals surface area contributed by atoms with Gasteiger partial charge >= 0.3 is 0 Å². The molecule has 4 aromatic rings. The van der Waals surface area contributed by atoms with Crippen LogP contribution in [0.2, 0.25) is 0 Å². The fourth-order valence-electron chi connectivity index (χ4n) is 4.70. The highest BCUT2D eigenvalue weighted by atomic mass is 19.1. The Morgan fingerprint density at radius 2 is 2.03 bits per heavy atom. The van der Waals surface area contributed by atoms with Crippen LogP contribution in [0.5, 0.6) is 0 Å². The molecule has 0 aromatic carbocycles. The second kappa shape index (κ2) is 11.2. The zero-order chi connectivity index (χ0) is 25.8. The normalized spacial score (nSPS) is 16.5. The van der Waals surface area contributed by atoms with E-state index in [1.165, 1.54) is 0 Å². The number of aryl methyl sites for hydroxylation is 1. The van der Waals surface area contributed by atoms with Gasteiger partial charge in [-0.2, -0.15) is 4.98 Å². The van der Waals surface area contributed by atoms with E-state index in [0.29, 0.717) is 19.0 Å². The predicted molar refractivity (Wildman–Crippen MR) is 141 cm³/mol. The predicted octanol–water partition coefficient (Wildman–Crippen LogP) is 3.72. The highest BCUT2D eigenvalue weighted by molar-refractivity contribution is 5.89. The van der Waals surface area contributed by atoms with E-state index >= 15 is 0 Å². The minimum atomic E-state index is -0.611. The number of nitrogens with one attached hydrogen (secondary N) is 1. The minimum absolute atomic E-state index is 0.218. The van der Waals surface area contributed by atoms with Gasteiger partial charge in [0.15, 0.2) is 11.5 Å². The maximum Gasteiger partial charge on any atom is 0.240 e. The molecule has 0 radical (unpaired) electrons. The number of halogens is 1. The van der Waals surface area contributed by atoms with Crippen molar-refractivity contribution in [2.24, 2.45) is 0 Å². The number of anilines is 2. The molecular formula is C25H36FN9O. The van der Waals surface area contributed by atoms with Gasteiger partial charge in [-0.3, -0.25) is 4.90 Å². The van der Waals surface area contributed by atoms with Gasteiger partial charge in [0.1, 0.15) is 23.0 Å². The lowest BCUT2D eigenvalue weighted by molar-refractivity contribution is 0.0990. The van der Waals surface area contributed by atoms with E-state index in [9.17, 15) is 4.39 Å². The summed E-state index contributed by atoms with van der Waals surface area (Å²) in [4.78, 5) is 15.9. The first-order chi connectivity index (χ1) is 17.3. The number of ether oxygens (including phenoxy) is 1. The molecule has 1 atom stereocenters. The fraction of sp³-hybridized carbons (Fsp3) is 0.520. The second-order valence-electron chi connectivity index (χ2n) is 9.29. The summed E-state index contributed by atoms with van der Waals surface area (Å²) in [5.74, 6) is 1.85. The standard InChI is InChI=1S/C17H20N8.C8H16FNO/c1-9(2)25-10(3)20-13-6-5-12(21-16(13)25)11-7-8-24-14(11)15(19-4)22-17(18)23-24;1-11-6-5-10-4-2-3-8(9)7-10/h5-9H,1-4H3,(H3,18,19,22,23);8H,2-7H2,1H3. The number of hydrogen-bond acceptors (Lipinski definition) is 8. The molecule has 11 heteroatoms. The van der Waals surface area contributed by atoms with E-state index in [-0.39, 0.29) is 12.0 Å². The van der Waals surface area contributed by atoms with Gasteiger partial charge in [-0.1, -0.05) is 0 Å². The van der Waals surface area contributed by atoms with Crippen molar-refractivity contribution in [1.82, 2.24) is 34.0 Å². The van der Waals surface area contributed by atoms with Crippen molar-refractivity contribution < 1.29 is 9.13 Å². The molecule has 5 rings (SSSR count). The number of nitrogen functional groups attached to an aromatic ring is 1. The quantitative estimate of drug-likeness (QED) is 0.415. The van der Waals surface area contributed by atoms with Gasteiger partial charge in [-0.05, 0) is 58.4 Å². The summed E-state index contributed by atoms with van der Waals surface area (Å²) in [5, 5.41) is 7.32. The van der Waals surface area contributed by atoms with Crippen LogP contribution in [0.4, 0.5) is 16.2 Å². The van der Waals surface area contributed by atoms with Crippen molar-refractivity contribution in [2.75, 3.05) is 51.4 Å². The van der Waals surface area contributed by atoms with Crippen LogP contribution in [0.25, 0.3) is 27.9 Å². The van der Waals surface area contributed by atoms with Gasteiger partial charge in [0.2, 0.25) is 5.95 Å². The number of nitrogens with two attached hydrogens (primary N) is 1. The number of hydrogen-bond donors (Lipinski definition) is 2. The number of nitrogens with zero attached hydrogens (tertiary/aromatic N) is 7. The lowest BCUT2D eigenvalue weighted by Crippen LogP contribution is -2.38. The number of alkyl halides is 1. The van der Waals surface area contributed by atoms with Crippen LogP contribution in [0, 0.1) is 6.92 Å². The first-order valence-electron chi connectivity index (χ1n) is 12.4. The van der Waals surface area contributed by atoms with Crippen molar-refractivity contribution in [3.05, 3.63) is 30.2 Å². The number of pyridine rings is 1. The van der Waals surface area contributed by atoms with Crippen LogP contribution in [0.3, 0.4) is 0 Å². The van der Waals surface area contributed by atoms with E-state index in [1.807, 2.05) is 38.4 Å². The Kier molecular flexibility index (Phi) is 8.00. The molecule has 1 saturated heterocycles. The number of rotatable bonds is 6. The van der Waals surface area contributed by atoms with Crippen LogP contribution >= 0.6 is 0 Å². The molecule has 36 heavy (non-hydrogen) atoms. The average Bonchev–Trinajstić information content (AvgIpc) is 3.42. The summed E-state index contributed by atoms with van der Waals surface area (Å²) in [7, 11) is 3.49. The van der Waals surface area contributed by atoms with Crippen molar-refractivity contribution in [2.45, 2.75) is 45.8 Å². The Balaban J connectivity index is 0.000000233. The Bertz CT molecular complexity index is 1320. The molecule has 1 aliphatic rings. The fourth-order valence-corrected chi connectivity index (χ4v) is 4.70. The molecule has 0 amide bonds. The molecular weight excluding hydrogens is 461 g/mol. The topological polar surface area (TPSA) is 111 Å². The number of fused-ring (bicyclic) bond motifs is 2. The van der Waals surface area contributed by atoms with Gasteiger partial charge in [0.25, 0.3) is 0 Å². The number of likely N-dealkylation sites (tertiary alicyclic amines) is 1. The molecule has 1 unspecified atom stereocenters. The molecule has 4 aromatic heterocycles. The van der Waals surface area contributed by atoms with Gasteiger partial charge in [-0.15, -0.1) is 5.10 Å². The van der Waals surface area contributed by atoms with Crippen molar-refractivity contribution >= 4 is 28.4 Å². The van der Waals surface area contributed by atoms with Gasteiger partial charge in [0.05, 0.1) is 12.3 Å². The van der Waals surface area contributed by atoms with Crippen LogP contribution < -0.4 is 11.1 Å². The lowest BCUT2D eigenvalue weighted by Gasteiger charge is -2.28. The van der Waals surface area contributed by atoms with Crippen LogP contribution in [0.15, 0.2) is 24.4 Å². The smallest absolute Gasteiger partial charge is 0.240 e.